The van der Waals surface area contributed by atoms with Gasteiger partial charge in [-0.05, 0) is 48.6 Å². The van der Waals surface area contributed by atoms with E-state index in [0.29, 0.717) is 22.0 Å². The molecule has 2 aromatic carbocycles. The summed E-state index contributed by atoms with van der Waals surface area (Å²) in [7, 11) is 0. The van der Waals surface area contributed by atoms with Crippen LogP contribution in [0.5, 0.6) is 0 Å². The summed E-state index contributed by atoms with van der Waals surface area (Å²) in [5, 5.41) is 14.7. The molecule has 3 atom stereocenters. The van der Waals surface area contributed by atoms with Gasteiger partial charge >= 0.3 is 0 Å². The molecule has 2 heterocycles. The number of rotatable bonds is 6. The Kier molecular flexibility index (Phi) is 6.66. The number of carbonyl (C=O) groups excluding carboxylic acids is 1. The smallest absolute Gasteiger partial charge is 0.230 e. The van der Waals surface area contributed by atoms with Gasteiger partial charge in [0.25, 0.3) is 0 Å². The fourth-order valence-electron chi connectivity index (χ4n) is 4.78. The zero-order valence-electron chi connectivity index (χ0n) is 19.3. The zero-order chi connectivity index (χ0) is 23.7. The van der Waals surface area contributed by atoms with Gasteiger partial charge in [-0.3, -0.25) is 9.36 Å². The largest absolute Gasteiger partial charge is 0.360 e. The number of carbonyl (C=O) groups is 1. The van der Waals surface area contributed by atoms with Crippen LogP contribution in [0, 0.1) is 11.8 Å². The van der Waals surface area contributed by atoms with E-state index in [4.69, 9.17) is 11.6 Å². The van der Waals surface area contributed by atoms with Crippen molar-refractivity contribution in [3.05, 3.63) is 59.8 Å². The molecule has 6 nitrogen and oxygen atoms in total. The number of fused-ring (bicyclic) bond motifs is 1. The van der Waals surface area contributed by atoms with Crippen molar-refractivity contribution in [2.45, 2.75) is 44.3 Å². The molecular formula is C26H28ClN5OS. The fraction of sp³-hybridized carbons (Fsp3) is 0.346. The van der Waals surface area contributed by atoms with E-state index in [1.807, 2.05) is 53.2 Å². The van der Waals surface area contributed by atoms with Gasteiger partial charge in [0, 0.05) is 39.4 Å². The maximum absolute atomic E-state index is 12.8. The van der Waals surface area contributed by atoms with Gasteiger partial charge in [0.15, 0.2) is 11.0 Å². The van der Waals surface area contributed by atoms with Crippen LogP contribution in [0.2, 0.25) is 5.02 Å². The third-order valence-electron chi connectivity index (χ3n) is 6.93. The van der Waals surface area contributed by atoms with E-state index in [-0.39, 0.29) is 17.7 Å². The van der Waals surface area contributed by atoms with Crippen molar-refractivity contribution in [1.29, 1.82) is 0 Å². The van der Waals surface area contributed by atoms with E-state index >= 15 is 0 Å². The summed E-state index contributed by atoms with van der Waals surface area (Å²) in [4.78, 5) is 16.1. The van der Waals surface area contributed by atoms with Crippen molar-refractivity contribution in [1.82, 2.24) is 25.1 Å². The first kappa shape index (κ1) is 23.0. The van der Waals surface area contributed by atoms with Gasteiger partial charge in [-0.15, -0.1) is 10.2 Å². The highest BCUT2D eigenvalue weighted by molar-refractivity contribution is 7.99. The minimum absolute atomic E-state index is 0.0373. The number of hydrogen-bond donors (Lipinski definition) is 2. The normalized spacial score (nSPS) is 20.5. The SMILES string of the molecule is C[C@@H]1[C@H](C)CCC[C@@H]1NC(=O)CSc1nnc(-c2c[nH]c3ccccc23)n1-c1ccc(Cl)cc1. The maximum Gasteiger partial charge on any atom is 0.230 e. The molecule has 176 valence electrons. The van der Waals surface area contributed by atoms with Gasteiger partial charge in [0.05, 0.1) is 5.75 Å². The highest BCUT2D eigenvalue weighted by Crippen LogP contribution is 2.33. The van der Waals surface area contributed by atoms with Crippen molar-refractivity contribution in [2.24, 2.45) is 11.8 Å². The summed E-state index contributed by atoms with van der Waals surface area (Å²) in [5.74, 6) is 2.18. The number of H-pyrrole nitrogens is 1. The summed E-state index contributed by atoms with van der Waals surface area (Å²) in [6.45, 7) is 4.52. The van der Waals surface area contributed by atoms with Gasteiger partial charge in [-0.1, -0.05) is 68.3 Å². The van der Waals surface area contributed by atoms with Crippen molar-refractivity contribution < 1.29 is 4.79 Å². The molecule has 1 saturated carbocycles. The highest BCUT2D eigenvalue weighted by Gasteiger charge is 2.28. The number of para-hydroxylation sites is 1. The lowest BCUT2D eigenvalue weighted by Gasteiger charge is -2.34. The Labute approximate surface area is 208 Å². The molecule has 2 aromatic heterocycles. The van der Waals surface area contributed by atoms with Crippen LogP contribution in [0.3, 0.4) is 0 Å². The summed E-state index contributed by atoms with van der Waals surface area (Å²) >= 11 is 7.55. The number of nitrogens with zero attached hydrogens (tertiary/aromatic N) is 3. The molecule has 0 aliphatic heterocycles. The van der Waals surface area contributed by atoms with Crippen molar-refractivity contribution in [2.75, 3.05) is 5.75 Å². The van der Waals surface area contributed by atoms with Gasteiger partial charge in [0.1, 0.15) is 0 Å². The number of benzene rings is 2. The van der Waals surface area contributed by atoms with E-state index < -0.39 is 0 Å². The number of hydrogen-bond acceptors (Lipinski definition) is 4. The molecule has 5 rings (SSSR count). The first-order chi connectivity index (χ1) is 16.5. The molecule has 0 spiro atoms. The van der Waals surface area contributed by atoms with E-state index in [1.165, 1.54) is 24.6 Å². The summed E-state index contributed by atoms with van der Waals surface area (Å²) in [6, 6.07) is 15.9. The number of halogens is 1. The molecule has 0 saturated heterocycles. The number of nitrogens with one attached hydrogen (secondary N) is 2. The average Bonchev–Trinajstić information content (AvgIpc) is 3.45. The van der Waals surface area contributed by atoms with Crippen LogP contribution in [-0.4, -0.2) is 37.5 Å². The lowest BCUT2D eigenvalue weighted by Crippen LogP contribution is -2.44. The Morgan fingerprint density at radius 2 is 1.94 bits per heavy atom. The number of aromatic nitrogens is 4. The van der Waals surface area contributed by atoms with E-state index in [9.17, 15) is 4.79 Å². The maximum atomic E-state index is 12.8. The summed E-state index contributed by atoms with van der Waals surface area (Å²) < 4.78 is 2.00. The quantitative estimate of drug-likeness (QED) is 0.318. The van der Waals surface area contributed by atoms with Crippen LogP contribution in [-0.2, 0) is 4.79 Å². The van der Waals surface area contributed by atoms with Crippen LogP contribution < -0.4 is 5.32 Å². The summed E-state index contributed by atoms with van der Waals surface area (Å²) in [5.41, 5.74) is 2.89. The molecule has 34 heavy (non-hydrogen) atoms. The molecule has 0 unspecified atom stereocenters. The molecule has 1 aliphatic rings. The molecule has 0 radical (unpaired) electrons. The molecule has 8 heteroatoms. The number of aromatic amines is 1. The third-order valence-corrected chi connectivity index (χ3v) is 8.11. The van der Waals surface area contributed by atoms with Gasteiger partial charge < -0.3 is 10.3 Å². The molecule has 2 N–H and O–H groups in total. The first-order valence-corrected chi connectivity index (χ1v) is 13.1. The average molecular weight is 494 g/mol. The lowest BCUT2D eigenvalue weighted by molar-refractivity contribution is -0.120. The van der Waals surface area contributed by atoms with Crippen LogP contribution in [0.4, 0.5) is 0 Å². The van der Waals surface area contributed by atoms with Crippen LogP contribution >= 0.6 is 23.4 Å². The Bertz CT molecular complexity index is 1300. The van der Waals surface area contributed by atoms with Crippen molar-refractivity contribution >= 4 is 40.2 Å². The van der Waals surface area contributed by atoms with E-state index in [2.05, 4.69) is 40.4 Å². The topological polar surface area (TPSA) is 75.6 Å². The molecule has 1 amide bonds. The van der Waals surface area contributed by atoms with Gasteiger partial charge in [0.2, 0.25) is 5.91 Å². The molecular weight excluding hydrogens is 466 g/mol. The van der Waals surface area contributed by atoms with Crippen LogP contribution in [0.15, 0.2) is 59.9 Å². The number of thioether (sulfide) groups is 1. The zero-order valence-corrected chi connectivity index (χ0v) is 20.9. The number of amides is 1. The Morgan fingerprint density at radius 3 is 2.76 bits per heavy atom. The molecule has 0 bridgehead atoms. The Hall–Kier alpha value is -2.77. The van der Waals surface area contributed by atoms with E-state index in [0.717, 1.165) is 34.4 Å². The van der Waals surface area contributed by atoms with Crippen molar-refractivity contribution in [3.8, 4) is 17.1 Å². The van der Waals surface area contributed by atoms with E-state index in [1.54, 1.807) is 0 Å². The van der Waals surface area contributed by atoms with Gasteiger partial charge in [-0.2, -0.15) is 0 Å². The summed E-state index contributed by atoms with van der Waals surface area (Å²) in [6.07, 6.45) is 5.41. The monoisotopic (exact) mass is 493 g/mol. The predicted octanol–water partition coefficient (Wildman–Crippen LogP) is 6.10. The molecule has 1 fully saturated rings. The van der Waals surface area contributed by atoms with Gasteiger partial charge in [-0.25, -0.2) is 0 Å². The minimum atomic E-state index is 0.0373. The van der Waals surface area contributed by atoms with Crippen LogP contribution in [0.1, 0.15) is 33.1 Å². The van der Waals surface area contributed by atoms with Crippen molar-refractivity contribution in [3.63, 3.8) is 0 Å². The third kappa shape index (κ3) is 4.59. The predicted molar refractivity (Wildman–Crippen MR) is 138 cm³/mol. The second-order valence-corrected chi connectivity index (χ2v) is 10.5. The lowest BCUT2D eigenvalue weighted by atomic mass is 9.78. The fourth-order valence-corrected chi connectivity index (χ4v) is 5.67. The Balaban J connectivity index is 1.42. The first-order valence-electron chi connectivity index (χ1n) is 11.7. The highest BCUT2D eigenvalue weighted by atomic mass is 35.5. The standard InChI is InChI=1S/C26H28ClN5OS/c1-16-6-5-9-22(17(16)2)29-24(33)15-34-26-31-30-25(32(26)19-12-10-18(27)11-13-19)21-14-28-23-8-4-3-7-20(21)23/h3-4,7-8,10-14,16-17,22,28H,5-6,9,15H2,1-2H3,(H,29,33)/t16-,17-,22+/m1/s1. The minimum Gasteiger partial charge on any atom is -0.360 e. The Morgan fingerprint density at radius 1 is 1.15 bits per heavy atom. The second kappa shape index (κ2) is 9.84. The molecule has 4 aromatic rings. The van der Waals surface area contributed by atoms with Crippen LogP contribution in [0.25, 0.3) is 28.0 Å². The second-order valence-electron chi connectivity index (χ2n) is 9.10. The molecule has 1 aliphatic carbocycles.